The number of carbonyl (C=O) groups is 1. The fourth-order valence-electron chi connectivity index (χ4n) is 3.07. The summed E-state index contributed by atoms with van der Waals surface area (Å²) in [6, 6.07) is 9.79. The molecule has 1 aliphatic rings. The fourth-order valence-corrected chi connectivity index (χ4v) is 3.07. The molecule has 1 aromatic heterocycles. The van der Waals surface area contributed by atoms with Crippen LogP contribution in [0.5, 0.6) is 0 Å². The predicted molar refractivity (Wildman–Crippen MR) is 85.3 cm³/mol. The maximum absolute atomic E-state index is 12.2. The molecule has 1 heterocycles. The van der Waals surface area contributed by atoms with Crippen LogP contribution in [0.15, 0.2) is 36.5 Å². The molecular formula is C17H21N3O. The van der Waals surface area contributed by atoms with Gasteiger partial charge in [-0.3, -0.25) is 4.98 Å². The minimum atomic E-state index is -0.120. The lowest BCUT2D eigenvalue weighted by molar-refractivity contribution is 0.232. The van der Waals surface area contributed by atoms with Gasteiger partial charge in [-0.2, -0.15) is 0 Å². The van der Waals surface area contributed by atoms with E-state index in [4.69, 9.17) is 0 Å². The molecular weight excluding hydrogens is 262 g/mol. The van der Waals surface area contributed by atoms with Crippen molar-refractivity contribution in [3.05, 3.63) is 36.5 Å². The van der Waals surface area contributed by atoms with Gasteiger partial charge in [0.1, 0.15) is 0 Å². The van der Waals surface area contributed by atoms with Crippen molar-refractivity contribution in [2.75, 3.05) is 5.32 Å². The number of nitrogens with one attached hydrogen (secondary N) is 2. The fraction of sp³-hybridized carbons (Fsp3) is 0.412. The number of anilines is 1. The number of fused-ring (bicyclic) bond motifs is 1. The van der Waals surface area contributed by atoms with Gasteiger partial charge in [-0.15, -0.1) is 0 Å². The van der Waals surface area contributed by atoms with E-state index in [0.29, 0.717) is 5.92 Å². The van der Waals surface area contributed by atoms with Crippen molar-refractivity contribution in [1.82, 2.24) is 10.3 Å². The van der Waals surface area contributed by atoms with Crippen LogP contribution in [0.2, 0.25) is 0 Å². The average molecular weight is 283 g/mol. The van der Waals surface area contributed by atoms with E-state index >= 15 is 0 Å². The third-order valence-corrected chi connectivity index (χ3v) is 4.32. The summed E-state index contributed by atoms with van der Waals surface area (Å²) < 4.78 is 0. The molecule has 0 unspecified atom stereocenters. The maximum Gasteiger partial charge on any atom is 0.319 e. The third-order valence-electron chi connectivity index (χ3n) is 4.32. The zero-order valence-electron chi connectivity index (χ0n) is 12.3. The lowest BCUT2D eigenvalue weighted by Gasteiger charge is -2.29. The van der Waals surface area contributed by atoms with Crippen LogP contribution in [0.25, 0.3) is 10.9 Å². The standard InChI is InChI=1S/C17H21N3O/c1-12-6-2-3-8-14(12)19-17(21)20-16-10-4-9-15-13(16)7-5-11-18-15/h4-5,7,9-12,14H,2-3,6,8H2,1H3,(H2,19,20,21)/t12-,14-/m1/s1. The number of aromatic nitrogens is 1. The highest BCUT2D eigenvalue weighted by Crippen LogP contribution is 2.24. The summed E-state index contributed by atoms with van der Waals surface area (Å²) in [5.74, 6) is 0.554. The van der Waals surface area contributed by atoms with Crippen LogP contribution < -0.4 is 10.6 Å². The molecule has 2 atom stereocenters. The number of urea groups is 1. The summed E-state index contributed by atoms with van der Waals surface area (Å²) in [7, 11) is 0. The van der Waals surface area contributed by atoms with Crippen LogP contribution in [-0.4, -0.2) is 17.1 Å². The number of carbonyl (C=O) groups excluding carboxylic acids is 1. The van der Waals surface area contributed by atoms with Crippen molar-refractivity contribution >= 4 is 22.6 Å². The van der Waals surface area contributed by atoms with Crippen molar-refractivity contribution in [3.8, 4) is 0 Å². The normalized spacial score (nSPS) is 22.0. The molecule has 4 nitrogen and oxygen atoms in total. The van der Waals surface area contributed by atoms with Crippen LogP contribution in [0.4, 0.5) is 10.5 Å². The van der Waals surface area contributed by atoms with Crippen LogP contribution in [-0.2, 0) is 0 Å². The van der Waals surface area contributed by atoms with Gasteiger partial charge < -0.3 is 10.6 Å². The zero-order valence-corrected chi connectivity index (χ0v) is 12.3. The lowest BCUT2D eigenvalue weighted by Crippen LogP contribution is -2.43. The highest BCUT2D eigenvalue weighted by atomic mass is 16.2. The monoisotopic (exact) mass is 283 g/mol. The van der Waals surface area contributed by atoms with E-state index in [0.717, 1.165) is 23.0 Å². The Balaban J connectivity index is 1.71. The van der Waals surface area contributed by atoms with Crippen molar-refractivity contribution < 1.29 is 4.79 Å². The van der Waals surface area contributed by atoms with Gasteiger partial charge >= 0.3 is 6.03 Å². The van der Waals surface area contributed by atoms with Crippen molar-refractivity contribution in [1.29, 1.82) is 0 Å². The molecule has 1 saturated carbocycles. The molecule has 2 N–H and O–H groups in total. The molecule has 1 fully saturated rings. The summed E-state index contributed by atoms with van der Waals surface area (Å²) in [5, 5.41) is 7.04. The molecule has 21 heavy (non-hydrogen) atoms. The van der Waals surface area contributed by atoms with Crippen LogP contribution in [0.1, 0.15) is 32.6 Å². The molecule has 1 aromatic carbocycles. The molecule has 4 heteroatoms. The molecule has 0 saturated heterocycles. The number of hydrogen-bond donors (Lipinski definition) is 2. The van der Waals surface area contributed by atoms with E-state index in [1.54, 1.807) is 6.20 Å². The first-order valence-corrected chi connectivity index (χ1v) is 7.65. The van der Waals surface area contributed by atoms with Gasteiger partial charge in [-0.05, 0) is 43.0 Å². The minimum absolute atomic E-state index is 0.120. The lowest BCUT2D eigenvalue weighted by atomic mass is 9.86. The zero-order chi connectivity index (χ0) is 14.7. The second-order valence-corrected chi connectivity index (χ2v) is 5.84. The molecule has 2 aromatic rings. The average Bonchev–Trinajstić information content (AvgIpc) is 2.50. The van der Waals surface area contributed by atoms with E-state index in [2.05, 4.69) is 22.5 Å². The van der Waals surface area contributed by atoms with Gasteiger partial charge in [0, 0.05) is 17.6 Å². The Kier molecular flexibility index (Phi) is 4.04. The summed E-state index contributed by atoms with van der Waals surface area (Å²) in [5.41, 5.74) is 1.70. The molecule has 0 radical (unpaired) electrons. The number of hydrogen-bond acceptors (Lipinski definition) is 2. The molecule has 3 rings (SSSR count). The largest absolute Gasteiger partial charge is 0.335 e. The minimum Gasteiger partial charge on any atom is -0.335 e. The molecule has 0 aliphatic heterocycles. The second-order valence-electron chi connectivity index (χ2n) is 5.84. The van der Waals surface area contributed by atoms with Crippen molar-refractivity contribution in [3.63, 3.8) is 0 Å². The number of benzene rings is 1. The summed E-state index contributed by atoms with van der Waals surface area (Å²) in [6.07, 6.45) is 6.51. The summed E-state index contributed by atoms with van der Waals surface area (Å²) >= 11 is 0. The number of nitrogens with zero attached hydrogens (tertiary/aromatic N) is 1. The number of amides is 2. The SMILES string of the molecule is C[C@@H]1CCCC[C@H]1NC(=O)Nc1cccc2ncccc12. The Morgan fingerprint density at radius 2 is 2.05 bits per heavy atom. The van der Waals surface area contributed by atoms with Gasteiger partial charge in [-0.25, -0.2) is 4.79 Å². The highest BCUT2D eigenvalue weighted by molar-refractivity contribution is 6.00. The van der Waals surface area contributed by atoms with Crippen LogP contribution in [0, 0.1) is 5.92 Å². The molecule has 0 spiro atoms. The Labute approximate surface area is 125 Å². The Morgan fingerprint density at radius 1 is 1.19 bits per heavy atom. The van der Waals surface area contributed by atoms with Crippen molar-refractivity contribution in [2.45, 2.75) is 38.6 Å². The third kappa shape index (κ3) is 3.15. The van der Waals surface area contributed by atoms with E-state index in [1.807, 2.05) is 30.3 Å². The molecule has 110 valence electrons. The second kappa shape index (κ2) is 6.12. The summed E-state index contributed by atoms with van der Waals surface area (Å²) in [4.78, 5) is 16.5. The Hall–Kier alpha value is -2.10. The van der Waals surface area contributed by atoms with Gasteiger partial charge in [0.15, 0.2) is 0 Å². The Bertz CT molecular complexity index is 635. The predicted octanol–water partition coefficient (Wildman–Crippen LogP) is 3.94. The molecule has 0 bridgehead atoms. The van der Waals surface area contributed by atoms with E-state index in [-0.39, 0.29) is 12.1 Å². The van der Waals surface area contributed by atoms with Gasteiger partial charge in [0.2, 0.25) is 0 Å². The molecule has 2 amide bonds. The van der Waals surface area contributed by atoms with Gasteiger partial charge in [0.25, 0.3) is 0 Å². The first kappa shape index (κ1) is 13.9. The van der Waals surface area contributed by atoms with E-state index in [9.17, 15) is 4.79 Å². The highest BCUT2D eigenvalue weighted by Gasteiger charge is 2.22. The number of pyridine rings is 1. The summed E-state index contributed by atoms with van der Waals surface area (Å²) in [6.45, 7) is 2.21. The van der Waals surface area contributed by atoms with Crippen LogP contribution in [0.3, 0.4) is 0 Å². The quantitative estimate of drug-likeness (QED) is 0.877. The van der Waals surface area contributed by atoms with Gasteiger partial charge in [-0.1, -0.05) is 25.8 Å². The topological polar surface area (TPSA) is 54.0 Å². The first-order valence-electron chi connectivity index (χ1n) is 7.65. The van der Waals surface area contributed by atoms with E-state index < -0.39 is 0 Å². The van der Waals surface area contributed by atoms with E-state index in [1.165, 1.54) is 19.3 Å². The maximum atomic E-state index is 12.2. The van der Waals surface area contributed by atoms with Crippen LogP contribution >= 0.6 is 0 Å². The Morgan fingerprint density at radius 3 is 2.90 bits per heavy atom. The number of rotatable bonds is 2. The molecule has 1 aliphatic carbocycles. The smallest absolute Gasteiger partial charge is 0.319 e. The van der Waals surface area contributed by atoms with Crippen molar-refractivity contribution in [2.24, 2.45) is 5.92 Å². The van der Waals surface area contributed by atoms with Gasteiger partial charge in [0.05, 0.1) is 11.2 Å². The first-order chi connectivity index (χ1) is 10.2.